The summed E-state index contributed by atoms with van der Waals surface area (Å²) in [6.45, 7) is 6.82. The molecule has 3 aliphatic rings. The molecule has 32 heavy (non-hydrogen) atoms. The van der Waals surface area contributed by atoms with E-state index in [1.165, 1.54) is 44.1 Å². The van der Waals surface area contributed by atoms with E-state index in [2.05, 4.69) is 32.2 Å². The molecule has 2 aliphatic heterocycles. The second kappa shape index (κ2) is 10.8. The molecule has 1 aromatic carbocycles. The SMILES string of the molecule is CN=C(NCC1(c2ccc(OC)c(OC)c2)CCCCC1)N1CCC(N2CCOCC2)C1. The Hall–Kier alpha value is -1.99. The number of guanidine groups is 1. The second-order valence-corrected chi connectivity index (χ2v) is 9.35. The molecular weight excluding hydrogens is 404 g/mol. The molecule has 1 unspecified atom stereocenters. The lowest BCUT2D eigenvalue weighted by atomic mass is 9.69. The molecule has 1 aromatic rings. The molecule has 4 rings (SSSR count). The molecule has 0 bridgehead atoms. The van der Waals surface area contributed by atoms with E-state index in [0.29, 0.717) is 6.04 Å². The summed E-state index contributed by atoms with van der Waals surface area (Å²) < 4.78 is 16.6. The molecule has 7 nitrogen and oxygen atoms in total. The van der Waals surface area contributed by atoms with Gasteiger partial charge in [0, 0.05) is 51.2 Å². The van der Waals surface area contributed by atoms with Crippen LogP contribution in [0.3, 0.4) is 0 Å². The Bertz CT molecular complexity index is 772. The smallest absolute Gasteiger partial charge is 0.193 e. The Balaban J connectivity index is 1.45. The molecule has 0 radical (unpaired) electrons. The van der Waals surface area contributed by atoms with Crippen LogP contribution in [-0.2, 0) is 10.2 Å². The van der Waals surface area contributed by atoms with Gasteiger partial charge < -0.3 is 24.4 Å². The highest BCUT2D eigenvalue weighted by molar-refractivity contribution is 5.80. The van der Waals surface area contributed by atoms with E-state index in [1.807, 2.05) is 13.1 Å². The molecule has 0 aromatic heterocycles. The number of methoxy groups -OCH3 is 2. The van der Waals surface area contributed by atoms with Crippen molar-refractivity contribution in [3.05, 3.63) is 23.8 Å². The van der Waals surface area contributed by atoms with Gasteiger partial charge in [0.15, 0.2) is 17.5 Å². The molecule has 2 saturated heterocycles. The zero-order valence-corrected chi connectivity index (χ0v) is 20.1. The first-order valence-corrected chi connectivity index (χ1v) is 12.2. The molecule has 7 heteroatoms. The highest BCUT2D eigenvalue weighted by atomic mass is 16.5. The Kier molecular flexibility index (Phi) is 7.79. The van der Waals surface area contributed by atoms with Gasteiger partial charge in [-0.2, -0.15) is 0 Å². The van der Waals surface area contributed by atoms with Crippen LogP contribution in [0.15, 0.2) is 23.2 Å². The molecular formula is C25H40N4O3. The highest BCUT2D eigenvalue weighted by Gasteiger charge is 2.36. The highest BCUT2D eigenvalue weighted by Crippen LogP contribution is 2.42. The van der Waals surface area contributed by atoms with Crippen LogP contribution in [-0.4, -0.2) is 89.0 Å². The first kappa shape index (κ1) is 23.2. The quantitative estimate of drug-likeness (QED) is 0.538. The van der Waals surface area contributed by atoms with Crippen LogP contribution in [0, 0.1) is 0 Å². The van der Waals surface area contributed by atoms with Crippen LogP contribution >= 0.6 is 0 Å². The van der Waals surface area contributed by atoms with Crippen molar-refractivity contribution in [2.24, 2.45) is 4.99 Å². The third-order valence-electron chi connectivity index (χ3n) is 7.63. The number of ether oxygens (including phenoxy) is 3. The fraction of sp³-hybridized carbons (Fsp3) is 0.720. The largest absolute Gasteiger partial charge is 0.493 e. The van der Waals surface area contributed by atoms with Gasteiger partial charge in [0.2, 0.25) is 0 Å². The topological polar surface area (TPSA) is 58.6 Å². The standard InChI is InChI=1S/C25H40N4O3/c1-26-24(29-12-9-21(18-29)28-13-15-32-16-14-28)27-19-25(10-5-4-6-11-25)20-7-8-22(30-2)23(17-20)31-3/h7-8,17,21H,4-6,9-16,18-19H2,1-3H3,(H,26,27). The first-order chi connectivity index (χ1) is 15.7. The van der Waals surface area contributed by atoms with E-state index in [1.54, 1.807) is 14.2 Å². The molecule has 2 heterocycles. The number of rotatable bonds is 6. The van der Waals surface area contributed by atoms with Crippen molar-refractivity contribution in [2.45, 2.75) is 50.0 Å². The summed E-state index contributed by atoms with van der Waals surface area (Å²) in [5.74, 6) is 2.63. The van der Waals surface area contributed by atoms with E-state index in [0.717, 1.165) is 63.4 Å². The van der Waals surface area contributed by atoms with Gasteiger partial charge in [0.1, 0.15) is 0 Å². The number of nitrogens with one attached hydrogen (secondary N) is 1. The number of benzene rings is 1. The fourth-order valence-corrected chi connectivity index (χ4v) is 5.72. The predicted molar refractivity (Wildman–Crippen MR) is 128 cm³/mol. The van der Waals surface area contributed by atoms with Gasteiger partial charge in [-0.1, -0.05) is 25.3 Å². The molecule has 1 atom stereocenters. The van der Waals surface area contributed by atoms with Crippen molar-refractivity contribution in [1.82, 2.24) is 15.1 Å². The summed E-state index contributed by atoms with van der Waals surface area (Å²) in [7, 11) is 5.32. The lowest BCUT2D eigenvalue weighted by molar-refractivity contribution is 0.0194. The molecule has 1 N–H and O–H groups in total. The van der Waals surface area contributed by atoms with Gasteiger partial charge in [-0.3, -0.25) is 9.89 Å². The molecule has 1 saturated carbocycles. The minimum Gasteiger partial charge on any atom is -0.493 e. The Morgan fingerprint density at radius 2 is 1.84 bits per heavy atom. The lowest BCUT2D eigenvalue weighted by Crippen LogP contribution is -2.49. The van der Waals surface area contributed by atoms with Crippen LogP contribution in [0.5, 0.6) is 11.5 Å². The third-order valence-corrected chi connectivity index (χ3v) is 7.63. The van der Waals surface area contributed by atoms with Crippen LogP contribution in [0.2, 0.25) is 0 Å². The molecule has 1 aliphatic carbocycles. The summed E-state index contributed by atoms with van der Waals surface area (Å²) in [6, 6.07) is 7.06. The van der Waals surface area contributed by atoms with Crippen molar-refractivity contribution in [1.29, 1.82) is 0 Å². The maximum Gasteiger partial charge on any atom is 0.193 e. The normalized spacial score (nSPS) is 24.4. The van der Waals surface area contributed by atoms with Crippen LogP contribution < -0.4 is 14.8 Å². The Morgan fingerprint density at radius 3 is 2.53 bits per heavy atom. The summed E-state index contributed by atoms with van der Waals surface area (Å²) in [4.78, 5) is 9.69. The van der Waals surface area contributed by atoms with Gasteiger partial charge in [-0.25, -0.2) is 0 Å². The van der Waals surface area contributed by atoms with Gasteiger partial charge in [-0.05, 0) is 37.0 Å². The van der Waals surface area contributed by atoms with Gasteiger partial charge in [-0.15, -0.1) is 0 Å². The fourth-order valence-electron chi connectivity index (χ4n) is 5.72. The summed E-state index contributed by atoms with van der Waals surface area (Å²) in [5, 5.41) is 3.77. The second-order valence-electron chi connectivity index (χ2n) is 9.35. The number of morpholine rings is 1. The maximum atomic E-state index is 5.62. The van der Waals surface area contributed by atoms with E-state index >= 15 is 0 Å². The van der Waals surface area contributed by atoms with Crippen molar-refractivity contribution < 1.29 is 14.2 Å². The van der Waals surface area contributed by atoms with Crippen molar-refractivity contribution in [3.8, 4) is 11.5 Å². The summed E-state index contributed by atoms with van der Waals surface area (Å²) >= 11 is 0. The first-order valence-electron chi connectivity index (χ1n) is 12.2. The van der Waals surface area contributed by atoms with Gasteiger partial charge in [0.05, 0.1) is 27.4 Å². The zero-order valence-electron chi connectivity index (χ0n) is 20.1. The van der Waals surface area contributed by atoms with Crippen LogP contribution in [0.25, 0.3) is 0 Å². The molecule has 0 amide bonds. The Labute approximate surface area is 193 Å². The summed E-state index contributed by atoms with van der Waals surface area (Å²) in [6.07, 6.45) is 7.40. The monoisotopic (exact) mass is 444 g/mol. The third kappa shape index (κ3) is 4.99. The van der Waals surface area contributed by atoms with Crippen molar-refractivity contribution in [3.63, 3.8) is 0 Å². The molecule has 178 valence electrons. The molecule has 0 spiro atoms. The van der Waals surface area contributed by atoms with E-state index in [4.69, 9.17) is 14.2 Å². The number of aliphatic imine (C=N–C) groups is 1. The predicted octanol–water partition coefficient (Wildman–Crippen LogP) is 2.89. The minimum atomic E-state index is 0.0943. The van der Waals surface area contributed by atoms with Crippen LogP contribution in [0.4, 0.5) is 0 Å². The average molecular weight is 445 g/mol. The van der Waals surface area contributed by atoms with Crippen molar-refractivity contribution in [2.75, 3.05) is 67.2 Å². The lowest BCUT2D eigenvalue weighted by Gasteiger charge is -2.39. The van der Waals surface area contributed by atoms with Gasteiger partial charge in [0.25, 0.3) is 0 Å². The molecule has 3 fully saturated rings. The van der Waals surface area contributed by atoms with Gasteiger partial charge >= 0.3 is 0 Å². The minimum absolute atomic E-state index is 0.0943. The number of hydrogen-bond acceptors (Lipinski definition) is 5. The van der Waals surface area contributed by atoms with E-state index < -0.39 is 0 Å². The number of hydrogen-bond donors (Lipinski definition) is 1. The Morgan fingerprint density at radius 1 is 1.09 bits per heavy atom. The number of nitrogens with zero attached hydrogens (tertiary/aromatic N) is 3. The van der Waals surface area contributed by atoms with E-state index in [-0.39, 0.29) is 5.41 Å². The van der Waals surface area contributed by atoms with Crippen molar-refractivity contribution >= 4 is 5.96 Å². The summed E-state index contributed by atoms with van der Waals surface area (Å²) in [5.41, 5.74) is 1.43. The number of likely N-dealkylation sites (tertiary alicyclic amines) is 1. The maximum absolute atomic E-state index is 5.62. The zero-order chi connectivity index (χ0) is 22.4. The van der Waals surface area contributed by atoms with Crippen LogP contribution in [0.1, 0.15) is 44.1 Å². The average Bonchev–Trinajstić information content (AvgIpc) is 3.35. The van der Waals surface area contributed by atoms with E-state index in [9.17, 15) is 0 Å².